The maximum atomic E-state index is 4.34. The molecule has 0 bridgehead atoms. The number of aryl methyl sites for hydroxylation is 1. The van der Waals surface area contributed by atoms with Crippen LogP contribution < -0.4 is 4.98 Å². The molecule has 1 aromatic heterocycles. The molecule has 0 saturated carbocycles. The van der Waals surface area contributed by atoms with Gasteiger partial charge in [-0.1, -0.05) is 19.6 Å². The van der Waals surface area contributed by atoms with Gasteiger partial charge < -0.3 is 4.98 Å². The van der Waals surface area contributed by atoms with E-state index in [1.807, 2.05) is 6.92 Å². The molecule has 0 atom stereocenters. The second kappa shape index (κ2) is 2.95. The molecule has 1 rings (SSSR count). The third-order valence-corrected chi connectivity index (χ3v) is 3.14. The first-order chi connectivity index (χ1) is 4.97. The van der Waals surface area contributed by atoms with Crippen molar-refractivity contribution in [2.45, 2.75) is 26.6 Å². The summed E-state index contributed by atoms with van der Waals surface area (Å²) in [5.74, 6) is 0. The summed E-state index contributed by atoms with van der Waals surface area (Å²) in [5.41, 5.74) is 1.11. The van der Waals surface area contributed by atoms with Gasteiger partial charge in [-0.3, -0.25) is 0 Å². The SMILES string of the molecule is Cc1csc(N[Si](C)(C)C)n1. The van der Waals surface area contributed by atoms with Crippen molar-refractivity contribution in [3.8, 4) is 0 Å². The summed E-state index contributed by atoms with van der Waals surface area (Å²) in [6, 6.07) is 0. The number of hydrogen-bond acceptors (Lipinski definition) is 3. The Morgan fingerprint density at radius 3 is 2.45 bits per heavy atom. The predicted octanol–water partition coefficient (Wildman–Crippen LogP) is 2.70. The van der Waals surface area contributed by atoms with E-state index in [9.17, 15) is 0 Å². The van der Waals surface area contributed by atoms with E-state index in [0.717, 1.165) is 10.8 Å². The highest BCUT2D eigenvalue weighted by Crippen LogP contribution is 2.17. The van der Waals surface area contributed by atoms with Crippen molar-refractivity contribution in [2.75, 3.05) is 4.98 Å². The number of aromatic nitrogens is 1. The molecule has 0 saturated heterocycles. The summed E-state index contributed by atoms with van der Waals surface area (Å²) >= 11 is 1.69. The van der Waals surface area contributed by atoms with Crippen molar-refractivity contribution >= 4 is 24.7 Å². The first kappa shape index (κ1) is 8.74. The quantitative estimate of drug-likeness (QED) is 0.718. The van der Waals surface area contributed by atoms with Gasteiger partial charge in [0.15, 0.2) is 5.13 Å². The molecule has 11 heavy (non-hydrogen) atoms. The highest BCUT2D eigenvalue weighted by atomic mass is 32.1. The Morgan fingerprint density at radius 1 is 1.45 bits per heavy atom. The maximum Gasteiger partial charge on any atom is 0.174 e. The molecular weight excluding hydrogens is 172 g/mol. The van der Waals surface area contributed by atoms with Crippen molar-refractivity contribution in [3.05, 3.63) is 11.1 Å². The van der Waals surface area contributed by atoms with E-state index >= 15 is 0 Å². The third kappa shape index (κ3) is 3.03. The van der Waals surface area contributed by atoms with Crippen LogP contribution in [0.1, 0.15) is 5.69 Å². The average molecular weight is 186 g/mol. The summed E-state index contributed by atoms with van der Waals surface area (Å²) in [5, 5.41) is 3.14. The Balaban J connectivity index is 2.65. The lowest BCUT2D eigenvalue weighted by Crippen LogP contribution is -2.32. The van der Waals surface area contributed by atoms with Crippen molar-refractivity contribution in [1.82, 2.24) is 4.98 Å². The lowest BCUT2D eigenvalue weighted by atomic mass is 10.6. The van der Waals surface area contributed by atoms with Crippen LogP contribution in [0.5, 0.6) is 0 Å². The van der Waals surface area contributed by atoms with Crippen LogP contribution in [0.15, 0.2) is 5.38 Å². The van der Waals surface area contributed by atoms with Crippen LogP contribution in [0.2, 0.25) is 19.6 Å². The van der Waals surface area contributed by atoms with E-state index in [1.165, 1.54) is 0 Å². The molecule has 1 aromatic rings. The van der Waals surface area contributed by atoms with Gasteiger partial charge in [0.25, 0.3) is 0 Å². The summed E-state index contributed by atoms with van der Waals surface area (Å²) < 4.78 is 0. The maximum absolute atomic E-state index is 4.34. The van der Waals surface area contributed by atoms with E-state index in [-0.39, 0.29) is 0 Å². The van der Waals surface area contributed by atoms with Crippen LogP contribution in [0.25, 0.3) is 0 Å². The van der Waals surface area contributed by atoms with Crippen molar-refractivity contribution in [1.29, 1.82) is 0 Å². The Morgan fingerprint density at radius 2 is 2.09 bits per heavy atom. The predicted molar refractivity (Wildman–Crippen MR) is 53.8 cm³/mol. The second-order valence-electron chi connectivity index (χ2n) is 3.67. The van der Waals surface area contributed by atoms with Crippen LogP contribution in [0, 0.1) is 6.92 Å². The van der Waals surface area contributed by atoms with E-state index in [1.54, 1.807) is 11.3 Å². The third-order valence-electron chi connectivity index (χ3n) is 1.10. The van der Waals surface area contributed by atoms with Gasteiger partial charge in [-0.05, 0) is 6.92 Å². The van der Waals surface area contributed by atoms with E-state index in [2.05, 4.69) is 35.0 Å². The minimum absolute atomic E-state index is 1.07. The lowest BCUT2D eigenvalue weighted by Gasteiger charge is -2.16. The number of rotatable bonds is 2. The van der Waals surface area contributed by atoms with Gasteiger partial charge in [0.2, 0.25) is 0 Å². The number of nitrogens with one attached hydrogen (secondary N) is 1. The first-order valence-corrected chi connectivity index (χ1v) is 8.06. The molecule has 62 valence electrons. The fourth-order valence-electron chi connectivity index (χ4n) is 0.732. The zero-order chi connectivity index (χ0) is 8.48. The second-order valence-corrected chi connectivity index (χ2v) is 9.28. The zero-order valence-electron chi connectivity index (χ0n) is 7.43. The molecule has 4 heteroatoms. The lowest BCUT2D eigenvalue weighted by molar-refractivity contribution is 1.27. The minimum Gasteiger partial charge on any atom is -0.388 e. The largest absolute Gasteiger partial charge is 0.388 e. The fraction of sp³-hybridized carbons (Fsp3) is 0.571. The van der Waals surface area contributed by atoms with Gasteiger partial charge in [-0.15, -0.1) is 11.3 Å². The van der Waals surface area contributed by atoms with E-state index in [4.69, 9.17) is 0 Å². The molecule has 0 fully saturated rings. The molecule has 0 aromatic carbocycles. The monoisotopic (exact) mass is 186 g/mol. The molecule has 0 aliphatic heterocycles. The molecule has 1 N–H and O–H groups in total. The van der Waals surface area contributed by atoms with Crippen LogP contribution in [0.3, 0.4) is 0 Å². The Labute approximate surface area is 72.8 Å². The van der Waals surface area contributed by atoms with Crippen molar-refractivity contribution in [3.63, 3.8) is 0 Å². The smallest absolute Gasteiger partial charge is 0.174 e. The number of nitrogens with zero attached hydrogens (tertiary/aromatic N) is 1. The summed E-state index contributed by atoms with van der Waals surface area (Å²) in [4.78, 5) is 7.79. The van der Waals surface area contributed by atoms with Crippen LogP contribution in [-0.4, -0.2) is 13.2 Å². The van der Waals surface area contributed by atoms with E-state index in [0.29, 0.717) is 0 Å². The molecule has 0 aliphatic carbocycles. The van der Waals surface area contributed by atoms with Crippen molar-refractivity contribution < 1.29 is 0 Å². The molecule has 0 amide bonds. The molecular formula is C7H14N2SSi. The normalized spacial score (nSPS) is 11.6. The number of hydrogen-bond donors (Lipinski definition) is 1. The molecule has 0 unspecified atom stereocenters. The van der Waals surface area contributed by atoms with Gasteiger partial charge in [0, 0.05) is 5.38 Å². The average Bonchev–Trinajstić information content (AvgIpc) is 2.10. The Bertz CT molecular complexity index is 239. The standard InChI is InChI=1S/C7H14N2SSi/c1-6-5-10-7(8-6)9-11(2,3)4/h5H,1-4H3,(H,8,9). The highest BCUT2D eigenvalue weighted by Gasteiger charge is 2.13. The van der Waals surface area contributed by atoms with E-state index < -0.39 is 8.24 Å². The molecule has 0 aliphatic rings. The van der Waals surface area contributed by atoms with Gasteiger partial charge in [-0.2, -0.15) is 0 Å². The fourth-order valence-corrected chi connectivity index (χ4v) is 3.12. The minimum atomic E-state index is -1.19. The molecule has 1 heterocycles. The molecule has 0 spiro atoms. The number of thiazole rings is 1. The highest BCUT2D eigenvalue weighted by molar-refractivity contribution is 7.14. The molecule has 0 radical (unpaired) electrons. The van der Waals surface area contributed by atoms with Gasteiger partial charge in [0.1, 0.15) is 8.24 Å². The van der Waals surface area contributed by atoms with Gasteiger partial charge in [0.05, 0.1) is 5.69 Å². The van der Waals surface area contributed by atoms with Crippen LogP contribution in [-0.2, 0) is 0 Å². The van der Waals surface area contributed by atoms with Crippen molar-refractivity contribution in [2.24, 2.45) is 0 Å². The summed E-state index contributed by atoms with van der Waals surface area (Å²) in [7, 11) is -1.19. The van der Waals surface area contributed by atoms with Gasteiger partial charge >= 0.3 is 0 Å². The Kier molecular flexibility index (Phi) is 2.34. The first-order valence-electron chi connectivity index (χ1n) is 3.68. The summed E-state index contributed by atoms with van der Waals surface area (Å²) in [6.45, 7) is 8.82. The van der Waals surface area contributed by atoms with Crippen LogP contribution >= 0.6 is 11.3 Å². The van der Waals surface area contributed by atoms with Gasteiger partial charge in [-0.25, -0.2) is 4.98 Å². The van der Waals surface area contributed by atoms with Crippen LogP contribution in [0.4, 0.5) is 5.13 Å². The summed E-state index contributed by atoms with van der Waals surface area (Å²) in [6.07, 6.45) is 0. The zero-order valence-corrected chi connectivity index (χ0v) is 9.25. The number of anilines is 1. The molecule has 2 nitrogen and oxygen atoms in total. The Hall–Kier alpha value is -0.353. The topological polar surface area (TPSA) is 24.9 Å².